The Morgan fingerprint density at radius 2 is 1.58 bits per heavy atom. The first-order valence-corrected chi connectivity index (χ1v) is 9.34. The van der Waals surface area contributed by atoms with Crippen LogP contribution in [0.25, 0.3) is 11.1 Å². The van der Waals surface area contributed by atoms with E-state index >= 15 is 0 Å². The van der Waals surface area contributed by atoms with Gasteiger partial charge in [-0.15, -0.1) is 0 Å². The number of hydrogen-bond donors (Lipinski definition) is 1. The van der Waals surface area contributed by atoms with Crippen LogP contribution in [-0.2, 0) is 4.74 Å². The van der Waals surface area contributed by atoms with Crippen LogP contribution in [0.15, 0.2) is 30.3 Å². The van der Waals surface area contributed by atoms with Crippen LogP contribution in [-0.4, -0.2) is 57.5 Å². The molecule has 2 saturated heterocycles. The monoisotopic (exact) mass is 376 g/mol. The summed E-state index contributed by atoms with van der Waals surface area (Å²) >= 11 is 6.00. The minimum atomic E-state index is -0.403. The highest BCUT2D eigenvalue weighted by atomic mass is 35.5. The molecule has 0 spiro atoms. The lowest BCUT2D eigenvalue weighted by Gasteiger charge is -2.32. The zero-order chi connectivity index (χ0) is 17.9. The maximum Gasteiger partial charge on any atom is 0.141 e. The van der Waals surface area contributed by atoms with Crippen LogP contribution in [0.4, 0.5) is 16.0 Å². The second kappa shape index (κ2) is 7.78. The Balaban J connectivity index is 1.74. The van der Waals surface area contributed by atoms with E-state index in [4.69, 9.17) is 21.3 Å². The second-order valence-corrected chi connectivity index (χ2v) is 6.94. The summed E-state index contributed by atoms with van der Waals surface area (Å²) in [6.45, 7) is 6.78. The Kier molecular flexibility index (Phi) is 5.24. The van der Waals surface area contributed by atoms with Crippen molar-refractivity contribution in [2.45, 2.75) is 0 Å². The van der Waals surface area contributed by atoms with Crippen molar-refractivity contribution in [1.29, 1.82) is 0 Å². The van der Waals surface area contributed by atoms with Crippen LogP contribution in [0.3, 0.4) is 0 Å². The number of anilines is 2. The molecule has 4 rings (SSSR count). The summed E-state index contributed by atoms with van der Waals surface area (Å²) in [4.78, 5) is 9.43. The van der Waals surface area contributed by atoms with Crippen molar-refractivity contribution < 1.29 is 9.13 Å². The molecule has 138 valence electrons. The van der Waals surface area contributed by atoms with Gasteiger partial charge in [0.05, 0.1) is 18.2 Å². The molecule has 26 heavy (non-hydrogen) atoms. The van der Waals surface area contributed by atoms with Crippen molar-refractivity contribution >= 4 is 23.2 Å². The fourth-order valence-corrected chi connectivity index (χ4v) is 3.54. The van der Waals surface area contributed by atoms with Crippen molar-refractivity contribution in [3.8, 4) is 11.1 Å². The lowest BCUT2D eigenvalue weighted by molar-refractivity contribution is 0.122. The summed E-state index contributed by atoms with van der Waals surface area (Å²) in [5.41, 5.74) is 1.89. The number of piperazine rings is 1. The third-order valence-electron chi connectivity index (χ3n) is 4.83. The topological polar surface area (TPSA) is 40.6 Å². The van der Waals surface area contributed by atoms with Gasteiger partial charge in [0.15, 0.2) is 0 Å². The van der Waals surface area contributed by atoms with Crippen molar-refractivity contribution in [3.05, 3.63) is 41.2 Å². The van der Waals surface area contributed by atoms with E-state index in [0.29, 0.717) is 13.2 Å². The molecule has 0 bridgehead atoms. The van der Waals surface area contributed by atoms with Crippen molar-refractivity contribution in [3.63, 3.8) is 0 Å². The maximum absolute atomic E-state index is 13.6. The van der Waals surface area contributed by atoms with Gasteiger partial charge in [-0.1, -0.05) is 17.7 Å². The Bertz CT molecular complexity index is 740. The number of morpholine rings is 1. The molecule has 0 amide bonds. The molecule has 1 aromatic heterocycles. The molecule has 2 aliphatic rings. The number of benzene rings is 1. The van der Waals surface area contributed by atoms with Gasteiger partial charge in [0.25, 0.3) is 0 Å². The highest BCUT2D eigenvalue weighted by Crippen LogP contribution is 2.31. The Morgan fingerprint density at radius 1 is 0.923 bits per heavy atom. The predicted octanol–water partition coefficient (Wildman–Crippen LogP) is 2.79. The van der Waals surface area contributed by atoms with Gasteiger partial charge in [0, 0.05) is 39.3 Å². The first-order valence-electron chi connectivity index (χ1n) is 8.96. The van der Waals surface area contributed by atoms with Crippen LogP contribution < -0.4 is 15.1 Å². The summed E-state index contributed by atoms with van der Waals surface area (Å²) < 4.78 is 19.0. The number of rotatable bonds is 3. The number of nitrogens with zero attached hydrogens (tertiary/aromatic N) is 3. The SMILES string of the molecule is Fc1ccc(-c2cc(N3CCNCC3)nc(N3CCOCC3)c2)cc1Cl. The highest BCUT2D eigenvalue weighted by Gasteiger charge is 2.18. The van der Waals surface area contributed by atoms with Gasteiger partial charge in [-0.3, -0.25) is 0 Å². The number of pyridine rings is 1. The number of hydrogen-bond acceptors (Lipinski definition) is 5. The van der Waals surface area contributed by atoms with E-state index in [0.717, 1.165) is 62.0 Å². The highest BCUT2D eigenvalue weighted by molar-refractivity contribution is 6.31. The van der Waals surface area contributed by atoms with Gasteiger partial charge in [0.1, 0.15) is 17.5 Å². The lowest BCUT2D eigenvalue weighted by Crippen LogP contribution is -2.44. The van der Waals surface area contributed by atoms with Gasteiger partial charge in [0.2, 0.25) is 0 Å². The number of aromatic nitrogens is 1. The molecular weight excluding hydrogens is 355 g/mol. The van der Waals surface area contributed by atoms with Gasteiger partial charge in [-0.25, -0.2) is 9.37 Å². The molecule has 2 aliphatic heterocycles. The first kappa shape index (κ1) is 17.5. The summed E-state index contributed by atoms with van der Waals surface area (Å²) in [7, 11) is 0. The summed E-state index contributed by atoms with van der Waals surface area (Å²) in [5.74, 6) is 1.48. The van der Waals surface area contributed by atoms with Gasteiger partial charge in [-0.2, -0.15) is 0 Å². The molecule has 0 saturated carbocycles. The molecule has 0 unspecified atom stereocenters. The molecule has 5 nitrogen and oxygen atoms in total. The Labute approximate surface area is 157 Å². The molecule has 7 heteroatoms. The predicted molar refractivity (Wildman–Crippen MR) is 103 cm³/mol. The smallest absolute Gasteiger partial charge is 0.141 e. The zero-order valence-corrected chi connectivity index (χ0v) is 15.3. The van der Waals surface area contributed by atoms with Crippen LogP contribution in [0, 0.1) is 5.82 Å². The fourth-order valence-electron chi connectivity index (χ4n) is 3.35. The molecule has 0 radical (unpaired) electrons. The Morgan fingerprint density at radius 3 is 2.23 bits per heavy atom. The summed E-state index contributed by atoms with van der Waals surface area (Å²) in [5, 5.41) is 3.50. The lowest BCUT2D eigenvalue weighted by atomic mass is 10.1. The van der Waals surface area contributed by atoms with Crippen molar-refractivity contribution in [2.24, 2.45) is 0 Å². The van der Waals surface area contributed by atoms with Crippen molar-refractivity contribution in [1.82, 2.24) is 10.3 Å². The molecule has 1 aromatic carbocycles. The largest absolute Gasteiger partial charge is 0.378 e. The van der Waals surface area contributed by atoms with Crippen LogP contribution >= 0.6 is 11.6 Å². The van der Waals surface area contributed by atoms with E-state index in [9.17, 15) is 4.39 Å². The van der Waals surface area contributed by atoms with E-state index in [2.05, 4.69) is 27.2 Å². The summed E-state index contributed by atoms with van der Waals surface area (Å²) in [6.07, 6.45) is 0. The normalized spacial score (nSPS) is 18.2. The van der Waals surface area contributed by atoms with Gasteiger partial charge in [-0.05, 0) is 35.4 Å². The zero-order valence-electron chi connectivity index (χ0n) is 14.5. The molecule has 0 atom stereocenters. The maximum atomic E-state index is 13.6. The first-order chi connectivity index (χ1) is 12.7. The van der Waals surface area contributed by atoms with Gasteiger partial charge >= 0.3 is 0 Å². The molecule has 2 fully saturated rings. The van der Waals surface area contributed by atoms with Crippen LogP contribution in [0.5, 0.6) is 0 Å². The minimum absolute atomic E-state index is 0.135. The minimum Gasteiger partial charge on any atom is -0.378 e. The molecule has 3 heterocycles. The third kappa shape index (κ3) is 3.77. The fraction of sp³-hybridized carbons (Fsp3) is 0.421. The van der Waals surface area contributed by atoms with Gasteiger partial charge < -0.3 is 19.9 Å². The number of nitrogens with one attached hydrogen (secondary N) is 1. The quantitative estimate of drug-likeness (QED) is 0.892. The third-order valence-corrected chi connectivity index (χ3v) is 5.12. The summed E-state index contributed by atoms with van der Waals surface area (Å²) in [6, 6.07) is 8.98. The average molecular weight is 377 g/mol. The van der Waals surface area contributed by atoms with Crippen molar-refractivity contribution in [2.75, 3.05) is 62.3 Å². The van der Waals surface area contributed by atoms with E-state index in [1.807, 2.05) is 0 Å². The van der Waals surface area contributed by atoms with Crippen LogP contribution in [0.2, 0.25) is 5.02 Å². The molecule has 0 aliphatic carbocycles. The Hall–Kier alpha value is -1.89. The van der Waals surface area contributed by atoms with E-state index in [1.54, 1.807) is 12.1 Å². The molecular formula is C19H22ClFN4O. The van der Waals surface area contributed by atoms with E-state index < -0.39 is 5.82 Å². The number of halogens is 2. The average Bonchev–Trinajstić information content (AvgIpc) is 2.71. The second-order valence-electron chi connectivity index (χ2n) is 6.54. The standard InChI is InChI=1S/C19H22ClFN4O/c20-16-11-14(1-2-17(16)21)15-12-18(24-5-3-22-4-6-24)23-19(13-15)25-7-9-26-10-8-25/h1-2,11-13,22H,3-10H2. The molecule has 1 N–H and O–H groups in total. The molecule has 2 aromatic rings. The van der Waals surface area contributed by atoms with E-state index in [1.165, 1.54) is 6.07 Å². The number of ether oxygens (including phenoxy) is 1. The van der Waals surface area contributed by atoms with E-state index in [-0.39, 0.29) is 5.02 Å². The van der Waals surface area contributed by atoms with Crippen LogP contribution in [0.1, 0.15) is 0 Å².